The monoisotopic (exact) mass is 543 g/mol. The lowest BCUT2D eigenvalue weighted by molar-refractivity contribution is 0.0942. The van der Waals surface area contributed by atoms with E-state index in [0.717, 1.165) is 33.1 Å². The van der Waals surface area contributed by atoms with Gasteiger partial charge in [0.25, 0.3) is 0 Å². The van der Waals surface area contributed by atoms with Crippen LogP contribution < -0.4 is 10.1 Å². The van der Waals surface area contributed by atoms with Gasteiger partial charge in [-0.15, -0.1) is 4.98 Å². The molecule has 0 fully saturated rings. The minimum Gasteiger partial charge on any atom is -0.461 e. The van der Waals surface area contributed by atoms with Gasteiger partial charge in [0, 0.05) is 27.6 Å². The smallest absolute Gasteiger partial charge is 0.323 e. The number of hydrogen-bond acceptors (Lipinski definition) is 9. The van der Waals surface area contributed by atoms with Crippen LogP contribution in [0.3, 0.4) is 0 Å². The summed E-state index contributed by atoms with van der Waals surface area (Å²) in [6.07, 6.45) is 1.00. The van der Waals surface area contributed by atoms with Crippen LogP contribution in [0.4, 0.5) is 16.0 Å². The topological polar surface area (TPSA) is 99.1 Å². The third-order valence-electron chi connectivity index (χ3n) is 5.30. The fourth-order valence-corrected chi connectivity index (χ4v) is 5.08. The second-order valence-electron chi connectivity index (χ2n) is 7.53. The normalized spacial score (nSPS) is 12.1. The van der Waals surface area contributed by atoms with Crippen molar-refractivity contribution in [2.75, 3.05) is 25.1 Å². The molecule has 0 atom stereocenters. The van der Waals surface area contributed by atoms with Crippen LogP contribution in [0.1, 0.15) is 35.7 Å². The summed E-state index contributed by atoms with van der Waals surface area (Å²) in [7, 11) is 0. The summed E-state index contributed by atoms with van der Waals surface area (Å²) in [5, 5.41) is 3.80. The Morgan fingerprint density at radius 3 is 2.82 bits per heavy atom. The Morgan fingerprint density at radius 2 is 1.97 bits per heavy atom. The number of halogens is 2. The molecule has 1 N–H and O–H groups in total. The van der Waals surface area contributed by atoms with Crippen molar-refractivity contribution in [2.24, 2.45) is 0 Å². The van der Waals surface area contributed by atoms with Crippen molar-refractivity contribution in [1.29, 1.82) is 0 Å². The Hall–Kier alpha value is -3.02. The molecular weight excluding hydrogens is 525 g/mol. The van der Waals surface area contributed by atoms with E-state index >= 15 is 0 Å². The molecule has 11 heteroatoms. The van der Waals surface area contributed by atoms with Gasteiger partial charge in [0.1, 0.15) is 6.61 Å². The van der Waals surface area contributed by atoms with Gasteiger partial charge in [0.05, 0.1) is 28.3 Å². The van der Waals surface area contributed by atoms with Crippen LogP contribution in [0.5, 0.6) is 6.01 Å². The molecule has 8 nitrogen and oxygen atoms in total. The van der Waals surface area contributed by atoms with Gasteiger partial charge in [-0.25, -0.2) is 0 Å². The molecule has 0 amide bonds. The molecule has 34 heavy (non-hydrogen) atoms. The Balaban J connectivity index is 1.44. The maximum absolute atomic E-state index is 14.1. The largest absolute Gasteiger partial charge is 0.461 e. The highest BCUT2D eigenvalue weighted by Crippen LogP contribution is 2.46. The van der Waals surface area contributed by atoms with Crippen molar-refractivity contribution in [3.8, 4) is 17.3 Å². The minimum atomic E-state index is -0.997. The van der Waals surface area contributed by atoms with E-state index in [1.54, 1.807) is 18.2 Å². The zero-order chi connectivity index (χ0) is 23.7. The molecule has 2 aromatic carbocycles. The fourth-order valence-electron chi connectivity index (χ4n) is 3.75. The summed E-state index contributed by atoms with van der Waals surface area (Å²) in [6, 6.07) is 8.91. The van der Waals surface area contributed by atoms with E-state index in [1.807, 2.05) is 12.1 Å². The SMILES string of the molecule is CCCCOCCOc1nc(F)nc(Nc2ccc(Br)c3c2C(=O)c2cccc4snc-3c24)n1. The molecule has 174 valence electrons. The summed E-state index contributed by atoms with van der Waals surface area (Å²) in [5.74, 6) is -0.235. The number of rotatable bonds is 9. The highest BCUT2D eigenvalue weighted by Gasteiger charge is 2.31. The maximum atomic E-state index is 14.1. The first-order chi connectivity index (χ1) is 16.6. The zero-order valence-electron chi connectivity index (χ0n) is 18.1. The number of carbonyl (C=O) groups excluding carboxylic acids is 1. The molecule has 2 heterocycles. The van der Waals surface area contributed by atoms with E-state index in [2.05, 4.69) is 47.5 Å². The molecule has 1 aliphatic carbocycles. The van der Waals surface area contributed by atoms with Gasteiger partial charge >= 0.3 is 12.1 Å². The Labute approximate surface area is 206 Å². The number of unbranched alkanes of at least 4 members (excludes halogenated alkanes) is 1. The lowest BCUT2D eigenvalue weighted by Crippen LogP contribution is -2.14. The van der Waals surface area contributed by atoms with E-state index in [0.29, 0.717) is 35.6 Å². The average Bonchev–Trinajstić information content (AvgIpc) is 3.25. The number of ketones is 1. The van der Waals surface area contributed by atoms with Crippen molar-refractivity contribution >= 4 is 55.0 Å². The van der Waals surface area contributed by atoms with Crippen molar-refractivity contribution in [2.45, 2.75) is 19.8 Å². The van der Waals surface area contributed by atoms with Crippen LogP contribution in [0.2, 0.25) is 0 Å². The van der Waals surface area contributed by atoms with Gasteiger partial charge in [-0.3, -0.25) is 4.79 Å². The Bertz CT molecular complexity index is 1400. The number of fused-ring (bicyclic) bond motifs is 2. The highest BCUT2D eigenvalue weighted by molar-refractivity contribution is 9.10. The average molecular weight is 544 g/mol. The minimum absolute atomic E-state index is 0.0750. The molecule has 5 rings (SSSR count). The first kappa shape index (κ1) is 22.8. The number of carbonyl (C=O) groups is 1. The summed E-state index contributed by atoms with van der Waals surface area (Å²) in [6.45, 7) is 3.23. The van der Waals surface area contributed by atoms with Crippen molar-refractivity contribution in [3.63, 3.8) is 0 Å². The van der Waals surface area contributed by atoms with Crippen LogP contribution in [-0.4, -0.2) is 44.9 Å². The molecule has 2 aromatic heterocycles. The molecule has 0 bridgehead atoms. The summed E-state index contributed by atoms with van der Waals surface area (Å²) >= 11 is 4.90. The molecule has 0 unspecified atom stereocenters. The zero-order valence-corrected chi connectivity index (χ0v) is 20.5. The molecule has 0 radical (unpaired) electrons. The van der Waals surface area contributed by atoms with Crippen LogP contribution in [0.25, 0.3) is 21.3 Å². The molecule has 0 spiro atoms. The lowest BCUT2D eigenvalue weighted by Gasteiger charge is -2.20. The van der Waals surface area contributed by atoms with Crippen molar-refractivity contribution in [1.82, 2.24) is 19.3 Å². The van der Waals surface area contributed by atoms with E-state index in [-0.39, 0.29) is 24.3 Å². The fraction of sp³-hybridized carbons (Fsp3) is 0.261. The number of aromatic nitrogens is 4. The molecule has 0 aliphatic heterocycles. The van der Waals surface area contributed by atoms with Gasteiger partial charge in [0.2, 0.25) is 5.95 Å². The second kappa shape index (κ2) is 9.69. The van der Waals surface area contributed by atoms with Gasteiger partial charge in [-0.2, -0.15) is 18.7 Å². The number of benzene rings is 2. The highest BCUT2D eigenvalue weighted by atomic mass is 79.9. The van der Waals surface area contributed by atoms with Crippen LogP contribution in [0.15, 0.2) is 34.8 Å². The third kappa shape index (κ3) is 4.26. The molecule has 1 aliphatic rings. The van der Waals surface area contributed by atoms with E-state index in [1.165, 1.54) is 11.5 Å². The van der Waals surface area contributed by atoms with Crippen LogP contribution in [0, 0.1) is 6.08 Å². The number of hydrogen-bond donors (Lipinski definition) is 1. The number of anilines is 2. The second-order valence-corrected chi connectivity index (χ2v) is 9.19. The predicted octanol–water partition coefficient (Wildman–Crippen LogP) is 5.53. The number of nitrogens with zero attached hydrogens (tertiary/aromatic N) is 4. The predicted molar refractivity (Wildman–Crippen MR) is 130 cm³/mol. The summed E-state index contributed by atoms with van der Waals surface area (Å²) in [5.41, 5.74) is 2.82. The quantitative estimate of drug-likeness (QED) is 0.242. The Kier molecular flexibility index (Phi) is 6.48. The first-order valence-electron chi connectivity index (χ1n) is 10.7. The third-order valence-corrected chi connectivity index (χ3v) is 6.77. The molecule has 0 saturated heterocycles. The summed E-state index contributed by atoms with van der Waals surface area (Å²) in [4.78, 5) is 24.9. The first-order valence-corrected chi connectivity index (χ1v) is 12.3. The molecular formula is C23H19BrFN5O3S. The van der Waals surface area contributed by atoms with Gasteiger partial charge in [0.15, 0.2) is 5.78 Å². The van der Waals surface area contributed by atoms with Gasteiger partial charge < -0.3 is 14.8 Å². The van der Waals surface area contributed by atoms with Gasteiger partial charge in [-0.1, -0.05) is 41.4 Å². The standard InChI is InChI=1S/C23H19BrFN5O3S/c1-2-3-9-32-10-11-33-23-28-21(25)27-22(29-23)26-14-8-7-13(24)17-18(14)20(31)12-5-4-6-15-16(12)19(17)30-34-15/h4-8H,2-3,9-11H2,1H3,(H,26,27,28,29). The number of nitrogens with one attached hydrogen (secondary N) is 1. The molecule has 4 aromatic rings. The maximum Gasteiger partial charge on any atom is 0.323 e. The Morgan fingerprint density at radius 1 is 1.09 bits per heavy atom. The number of ether oxygens (including phenoxy) is 2. The molecule has 0 saturated carbocycles. The van der Waals surface area contributed by atoms with E-state index in [4.69, 9.17) is 9.47 Å². The van der Waals surface area contributed by atoms with Crippen molar-refractivity contribution < 1.29 is 18.7 Å². The summed E-state index contributed by atoms with van der Waals surface area (Å²) < 4.78 is 31.2. The van der Waals surface area contributed by atoms with E-state index in [9.17, 15) is 9.18 Å². The van der Waals surface area contributed by atoms with Gasteiger partial charge in [-0.05, 0) is 36.2 Å². The van der Waals surface area contributed by atoms with E-state index < -0.39 is 6.08 Å². The van der Waals surface area contributed by atoms with Crippen molar-refractivity contribution in [3.05, 3.63) is 52.0 Å². The van der Waals surface area contributed by atoms with Crippen LogP contribution >= 0.6 is 27.5 Å². The lowest BCUT2D eigenvalue weighted by atomic mass is 9.86. The van der Waals surface area contributed by atoms with Crippen LogP contribution in [-0.2, 0) is 4.74 Å².